The molecule has 2 aromatic rings. The maximum Gasteiger partial charge on any atom is 0.145 e. The third kappa shape index (κ3) is 4.01. The molecule has 0 spiro atoms. The van der Waals surface area contributed by atoms with Crippen molar-refractivity contribution in [2.75, 3.05) is 7.05 Å². The summed E-state index contributed by atoms with van der Waals surface area (Å²) < 4.78 is 14.9. The number of hydrogen-bond donors (Lipinski definition) is 1. The van der Waals surface area contributed by atoms with E-state index < -0.39 is 0 Å². The molecule has 0 saturated carbocycles. The Morgan fingerprint density at radius 2 is 2.10 bits per heavy atom. The summed E-state index contributed by atoms with van der Waals surface area (Å²) >= 11 is 9.16. The first-order valence-electron chi connectivity index (χ1n) is 6.30. The van der Waals surface area contributed by atoms with Crippen LogP contribution >= 0.6 is 27.5 Å². The Morgan fingerprint density at radius 3 is 2.75 bits per heavy atom. The molecule has 1 heterocycles. The van der Waals surface area contributed by atoms with Crippen LogP contribution in [0.1, 0.15) is 11.3 Å². The average molecular weight is 358 g/mol. The Morgan fingerprint density at radius 1 is 1.30 bits per heavy atom. The van der Waals surface area contributed by atoms with Crippen molar-refractivity contribution in [3.8, 4) is 0 Å². The van der Waals surface area contributed by atoms with Crippen molar-refractivity contribution in [3.05, 3.63) is 63.1 Å². The fourth-order valence-electron chi connectivity index (χ4n) is 2.03. The molecule has 1 N–H and O–H groups in total. The standard InChI is InChI=1S/C15H15BrClFN2/c1-19-13(8-12-6-5-11(16)9-20-12)7-10-3-2-4-14(17)15(10)18/h2-6,9,13,19H,7-8H2,1H3. The van der Waals surface area contributed by atoms with E-state index in [-0.39, 0.29) is 16.9 Å². The minimum atomic E-state index is -0.335. The highest BCUT2D eigenvalue weighted by molar-refractivity contribution is 9.10. The maximum absolute atomic E-state index is 13.9. The molecule has 0 bridgehead atoms. The van der Waals surface area contributed by atoms with Gasteiger partial charge in [-0.15, -0.1) is 0 Å². The van der Waals surface area contributed by atoms with Gasteiger partial charge in [0.2, 0.25) is 0 Å². The summed E-state index contributed by atoms with van der Waals surface area (Å²) in [6.45, 7) is 0. The first-order valence-corrected chi connectivity index (χ1v) is 7.48. The van der Waals surface area contributed by atoms with E-state index in [2.05, 4.69) is 26.2 Å². The van der Waals surface area contributed by atoms with Crippen molar-refractivity contribution >= 4 is 27.5 Å². The molecule has 1 aromatic carbocycles. The predicted molar refractivity (Wildman–Crippen MR) is 83.6 cm³/mol. The molecule has 0 radical (unpaired) electrons. The molecule has 0 fully saturated rings. The Bertz CT molecular complexity index is 575. The number of nitrogens with zero attached hydrogens (tertiary/aromatic N) is 1. The minimum absolute atomic E-state index is 0.108. The highest BCUT2D eigenvalue weighted by atomic mass is 79.9. The second kappa shape index (κ2) is 7.16. The summed E-state index contributed by atoms with van der Waals surface area (Å²) in [6.07, 6.45) is 3.07. The van der Waals surface area contributed by atoms with Gasteiger partial charge in [-0.2, -0.15) is 0 Å². The van der Waals surface area contributed by atoms with Crippen LogP contribution in [0.3, 0.4) is 0 Å². The Labute approximate surface area is 131 Å². The summed E-state index contributed by atoms with van der Waals surface area (Å²) in [5, 5.41) is 3.36. The van der Waals surface area contributed by atoms with E-state index in [1.54, 1.807) is 24.4 Å². The lowest BCUT2D eigenvalue weighted by Crippen LogP contribution is -2.30. The molecule has 1 atom stereocenters. The average Bonchev–Trinajstić information content (AvgIpc) is 2.45. The van der Waals surface area contributed by atoms with Crippen LogP contribution in [0.5, 0.6) is 0 Å². The molecule has 0 aliphatic carbocycles. The van der Waals surface area contributed by atoms with Gasteiger partial charge in [0.15, 0.2) is 0 Å². The van der Waals surface area contributed by atoms with Gasteiger partial charge in [0, 0.05) is 28.8 Å². The summed E-state index contributed by atoms with van der Waals surface area (Å²) in [5.74, 6) is -0.335. The Hall–Kier alpha value is -0.970. The summed E-state index contributed by atoms with van der Waals surface area (Å²) in [7, 11) is 1.87. The molecule has 2 rings (SSSR count). The highest BCUT2D eigenvalue weighted by Gasteiger charge is 2.13. The predicted octanol–water partition coefficient (Wildman–Crippen LogP) is 4.01. The smallest absolute Gasteiger partial charge is 0.145 e. The van der Waals surface area contributed by atoms with Crippen LogP contribution in [0.4, 0.5) is 4.39 Å². The van der Waals surface area contributed by atoms with Crippen molar-refractivity contribution in [3.63, 3.8) is 0 Å². The van der Waals surface area contributed by atoms with E-state index in [0.717, 1.165) is 16.6 Å². The maximum atomic E-state index is 13.9. The number of benzene rings is 1. The van der Waals surface area contributed by atoms with Crippen molar-refractivity contribution in [2.24, 2.45) is 0 Å². The quantitative estimate of drug-likeness (QED) is 0.874. The van der Waals surface area contributed by atoms with Gasteiger partial charge >= 0.3 is 0 Å². The largest absolute Gasteiger partial charge is 0.316 e. The fourth-order valence-corrected chi connectivity index (χ4v) is 2.46. The van der Waals surface area contributed by atoms with Crippen LogP contribution < -0.4 is 5.32 Å². The first-order chi connectivity index (χ1) is 9.60. The number of hydrogen-bond acceptors (Lipinski definition) is 2. The minimum Gasteiger partial charge on any atom is -0.316 e. The van der Waals surface area contributed by atoms with E-state index in [4.69, 9.17) is 11.6 Å². The molecule has 0 aliphatic heterocycles. The van der Waals surface area contributed by atoms with Crippen LogP contribution in [-0.2, 0) is 12.8 Å². The van der Waals surface area contributed by atoms with Crippen LogP contribution in [0.2, 0.25) is 5.02 Å². The van der Waals surface area contributed by atoms with Crippen molar-refractivity contribution in [2.45, 2.75) is 18.9 Å². The van der Waals surface area contributed by atoms with E-state index in [1.165, 1.54) is 0 Å². The third-order valence-electron chi connectivity index (χ3n) is 3.15. The van der Waals surface area contributed by atoms with Crippen LogP contribution in [0, 0.1) is 5.82 Å². The zero-order valence-corrected chi connectivity index (χ0v) is 13.4. The second-order valence-corrected chi connectivity index (χ2v) is 5.90. The normalized spacial score (nSPS) is 12.4. The SMILES string of the molecule is CNC(Cc1ccc(Br)cn1)Cc1cccc(Cl)c1F. The second-order valence-electron chi connectivity index (χ2n) is 4.57. The van der Waals surface area contributed by atoms with Crippen LogP contribution in [-0.4, -0.2) is 18.1 Å². The van der Waals surface area contributed by atoms with Gasteiger partial charge in [-0.25, -0.2) is 4.39 Å². The molecule has 0 saturated heterocycles. The molecule has 2 nitrogen and oxygen atoms in total. The Kier molecular flexibility index (Phi) is 5.52. The molecule has 106 valence electrons. The van der Waals surface area contributed by atoms with E-state index in [9.17, 15) is 4.39 Å². The number of pyridine rings is 1. The Balaban J connectivity index is 2.09. The van der Waals surface area contributed by atoms with Crippen molar-refractivity contribution < 1.29 is 4.39 Å². The number of likely N-dealkylation sites (N-methyl/N-ethyl adjacent to an activating group) is 1. The van der Waals surface area contributed by atoms with E-state index >= 15 is 0 Å². The zero-order valence-electron chi connectivity index (χ0n) is 11.0. The van der Waals surface area contributed by atoms with Crippen LogP contribution in [0.15, 0.2) is 41.0 Å². The monoisotopic (exact) mass is 356 g/mol. The number of aromatic nitrogens is 1. The lowest BCUT2D eigenvalue weighted by Gasteiger charge is -2.16. The molecule has 20 heavy (non-hydrogen) atoms. The van der Waals surface area contributed by atoms with E-state index in [0.29, 0.717) is 12.0 Å². The first kappa shape index (κ1) is 15.4. The van der Waals surface area contributed by atoms with Gasteiger partial charge in [-0.05, 0) is 53.2 Å². The van der Waals surface area contributed by atoms with Gasteiger partial charge in [-0.3, -0.25) is 4.98 Å². The molecule has 1 unspecified atom stereocenters. The van der Waals surface area contributed by atoms with Gasteiger partial charge < -0.3 is 5.32 Å². The molecular weight excluding hydrogens is 343 g/mol. The van der Waals surface area contributed by atoms with Gasteiger partial charge in [-0.1, -0.05) is 23.7 Å². The van der Waals surface area contributed by atoms with Crippen molar-refractivity contribution in [1.29, 1.82) is 0 Å². The molecule has 0 aliphatic rings. The van der Waals surface area contributed by atoms with Crippen LogP contribution in [0.25, 0.3) is 0 Å². The highest BCUT2D eigenvalue weighted by Crippen LogP contribution is 2.20. The molecule has 0 amide bonds. The summed E-state index contributed by atoms with van der Waals surface area (Å²) in [4.78, 5) is 4.34. The zero-order chi connectivity index (χ0) is 14.5. The topological polar surface area (TPSA) is 24.9 Å². The number of nitrogens with one attached hydrogen (secondary N) is 1. The van der Waals surface area contributed by atoms with Gasteiger partial charge in [0.1, 0.15) is 5.82 Å². The number of halogens is 3. The molecule has 5 heteroatoms. The summed E-state index contributed by atoms with van der Waals surface area (Å²) in [6, 6.07) is 9.12. The third-order valence-corrected chi connectivity index (χ3v) is 3.91. The van der Waals surface area contributed by atoms with E-state index in [1.807, 2.05) is 19.2 Å². The van der Waals surface area contributed by atoms with Gasteiger partial charge in [0.05, 0.1) is 5.02 Å². The van der Waals surface area contributed by atoms with Gasteiger partial charge in [0.25, 0.3) is 0 Å². The number of rotatable bonds is 5. The fraction of sp³-hybridized carbons (Fsp3) is 0.267. The molecular formula is C15H15BrClFN2. The lowest BCUT2D eigenvalue weighted by molar-refractivity contribution is 0.528. The lowest BCUT2D eigenvalue weighted by atomic mass is 10.0. The summed E-state index contributed by atoms with van der Waals surface area (Å²) in [5.41, 5.74) is 1.59. The van der Waals surface area contributed by atoms with Crippen molar-refractivity contribution in [1.82, 2.24) is 10.3 Å². The molecule has 1 aromatic heterocycles.